The molecule has 0 aliphatic carbocycles. The Kier molecular flexibility index (Phi) is 45.1. The van der Waals surface area contributed by atoms with E-state index < -0.39 is 12.1 Å². The minimum absolute atomic E-state index is 0.126. The Hall–Kier alpha value is -4.19. The first-order chi connectivity index (χ1) is 30.0. The molecule has 0 rings (SSSR count). The number of carbonyl (C=O) groups excluding carboxylic acids is 3. The van der Waals surface area contributed by atoms with Gasteiger partial charge in [-0.25, -0.2) is 0 Å². The minimum Gasteiger partial charge on any atom is -0.462 e. The number of rotatable bonds is 41. The summed E-state index contributed by atoms with van der Waals surface area (Å²) in [7, 11) is 0. The van der Waals surface area contributed by atoms with Gasteiger partial charge < -0.3 is 14.2 Å². The Labute approximate surface area is 373 Å². The van der Waals surface area contributed by atoms with E-state index in [1.165, 1.54) is 64.2 Å². The average molecular weight is 843 g/mol. The molecule has 342 valence electrons. The molecule has 1 atom stereocenters. The molecule has 0 fully saturated rings. The molecule has 6 nitrogen and oxygen atoms in total. The van der Waals surface area contributed by atoms with Gasteiger partial charge in [0.1, 0.15) is 13.2 Å². The molecule has 0 radical (unpaired) electrons. The Bertz CT molecular complexity index is 1340. The van der Waals surface area contributed by atoms with E-state index in [4.69, 9.17) is 14.2 Å². The van der Waals surface area contributed by atoms with Gasteiger partial charge in [-0.1, -0.05) is 219 Å². The third-order valence-corrected chi connectivity index (χ3v) is 9.59. The van der Waals surface area contributed by atoms with Crippen molar-refractivity contribution in [2.75, 3.05) is 13.2 Å². The molecule has 61 heavy (non-hydrogen) atoms. The van der Waals surface area contributed by atoms with E-state index in [0.717, 1.165) is 70.6 Å². The van der Waals surface area contributed by atoms with E-state index in [9.17, 15) is 14.4 Å². The molecular weight excluding hydrogens is 757 g/mol. The van der Waals surface area contributed by atoms with Crippen LogP contribution in [0.4, 0.5) is 0 Å². The van der Waals surface area contributed by atoms with Gasteiger partial charge in [-0.05, 0) is 70.6 Å². The van der Waals surface area contributed by atoms with Crippen LogP contribution in [0.1, 0.15) is 188 Å². The quantitative estimate of drug-likeness (QED) is 0.0201. The van der Waals surface area contributed by atoms with Gasteiger partial charge in [0, 0.05) is 19.3 Å². The molecule has 0 amide bonds. The third kappa shape index (κ3) is 46.7. The molecule has 0 N–H and O–H groups in total. The summed E-state index contributed by atoms with van der Waals surface area (Å²) in [4.78, 5) is 37.8. The van der Waals surface area contributed by atoms with E-state index in [1.807, 2.05) is 54.7 Å². The van der Waals surface area contributed by atoms with Gasteiger partial charge in [0.2, 0.25) is 0 Å². The van der Waals surface area contributed by atoms with Crippen molar-refractivity contribution in [2.24, 2.45) is 0 Å². The first kappa shape index (κ1) is 56.8. The van der Waals surface area contributed by atoms with Gasteiger partial charge in [0.05, 0.1) is 0 Å². The Balaban J connectivity index is 4.59. The molecule has 0 bridgehead atoms. The van der Waals surface area contributed by atoms with Crippen molar-refractivity contribution < 1.29 is 28.6 Å². The van der Waals surface area contributed by atoms with Crippen LogP contribution < -0.4 is 0 Å². The largest absolute Gasteiger partial charge is 0.462 e. The van der Waals surface area contributed by atoms with Gasteiger partial charge in [-0.3, -0.25) is 14.4 Å². The highest BCUT2D eigenvalue weighted by atomic mass is 16.6. The summed E-state index contributed by atoms with van der Waals surface area (Å²) in [6, 6.07) is 0. The second-order valence-electron chi connectivity index (χ2n) is 15.4. The van der Waals surface area contributed by atoms with Gasteiger partial charge in [-0.15, -0.1) is 0 Å². The highest BCUT2D eigenvalue weighted by Crippen LogP contribution is 2.14. The molecule has 0 aromatic rings. The van der Waals surface area contributed by atoms with E-state index in [2.05, 4.69) is 87.6 Å². The molecule has 1 unspecified atom stereocenters. The van der Waals surface area contributed by atoms with Crippen LogP contribution in [0.5, 0.6) is 0 Å². The number of unbranched alkanes of at least 4 members (excludes halogenated alkanes) is 14. The minimum atomic E-state index is -0.838. The smallest absolute Gasteiger partial charge is 0.306 e. The summed E-state index contributed by atoms with van der Waals surface area (Å²) < 4.78 is 16.6. The summed E-state index contributed by atoms with van der Waals surface area (Å²) in [5.41, 5.74) is 0. The third-order valence-electron chi connectivity index (χ3n) is 9.59. The lowest BCUT2D eigenvalue weighted by Crippen LogP contribution is -2.30. The van der Waals surface area contributed by atoms with Crippen LogP contribution in [0, 0.1) is 0 Å². The predicted octanol–water partition coefficient (Wildman–Crippen LogP) is 15.7. The van der Waals surface area contributed by atoms with Crippen molar-refractivity contribution in [3.05, 3.63) is 122 Å². The highest BCUT2D eigenvalue weighted by molar-refractivity contribution is 5.71. The molecule has 6 heteroatoms. The first-order valence-corrected chi connectivity index (χ1v) is 24.1. The van der Waals surface area contributed by atoms with Crippen molar-refractivity contribution in [3.63, 3.8) is 0 Å². The van der Waals surface area contributed by atoms with Gasteiger partial charge >= 0.3 is 17.9 Å². The van der Waals surface area contributed by atoms with Crippen molar-refractivity contribution in [1.82, 2.24) is 0 Å². The molecule has 0 aromatic heterocycles. The predicted molar refractivity (Wildman–Crippen MR) is 260 cm³/mol. The molecule has 0 aliphatic rings. The lowest BCUT2D eigenvalue weighted by molar-refractivity contribution is -0.167. The Morgan fingerprint density at radius 3 is 1.20 bits per heavy atom. The summed E-state index contributed by atoms with van der Waals surface area (Å²) in [6.45, 7) is 6.24. The average Bonchev–Trinajstić information content (AvgIpc) is 3.26. The van der Waals surface area contributed by atoms with Crippen LogP contribution in [-0.4, -0.2) is 37.2 Å². The fraction of sp³-hybridized carbons (Fsp3) is 0.582. The summed E-state index contributed by atoms with van der Waals surface area (Å²) >= 11 is 0. The number of esters is 3. The normalized spacial score (nSPS) is 13.2. The number of ether oxygens (including phenoxy) is 3. The zero-order valence-corrected chi connectivity index (χ0v) is 38.9. The van der Waals surface area contributed by atoms with E-state index in [1.54, 1.807) is 0 Å². The molecule has 0 saturated carbocycles. The lowest BCUT2D eigenvalue weighted by Gasteiger charge is -2.18. The van der Waals surface area contributed by atoms with Crippen molar-refractivity contribution in [1.29, 1.82) is 0 Å². The molecule has 0 heterocycles. The van der Waals surface area contributed by atoms with E-state index in [-0.39, 0.29) is 38.0 Å². The summed E-state index contributed by atoms with van der Waals surface area (Å²) in [6.07, 6.45) is 66.2. The molecule has 0 aliphatic heterocycles. The maximum absolute atomic E-state index is 12.7. The van der Waals surface area contributed by atoms with Crippen LogP contribution in [0.3, 0.4) is 0 Å². The maximum atomic E-state index is 12.7. The van der Waals surface area contributed by atoms with Gasteiger partial charge in [0.25, 0.3) is 0 Å². The SMILES string of the molecule is CC/C=C/C=C/C=C/C=C/C=C/CCCC(=O)OC(COC(=O)CCC/C=C/C/C=C/C/C=C/C/C=C/C/C=C/CC)COC(=O)CCCCCCCCCCCCCCC. The zero-order valence-electron chi connectivity index (χ0n) is 38.9. The summed E-state index contributed by atoms with van der Waals surface area (Å²) in [5, 5.41) is 0. The number of carbonyl (C=O) groups is 3. The van der Waals surface area contributed by atoms with Crippen LogP contribution in [-0.2, 0) is 28.6 Å². The fourth-order valence-electron chi connectivity index (χ4n) is 6.04. The van der Waals surface area contributed by atoms with Crippen molar-refractivity contribution in [3.8, 4) is 0 Å². The maximum Gasteiger partial charge on any atom is 0.306 e. The molecule has 0 aromatic carbocycles. The van der Waals surface area contributed by atoms with Crippen LogP contribution in [0.25, 0.3) is 0 Å². The zero-order chi connectivity index (χ0) is 44.4. The second kappa shape index (κ2) is 48.5. The Morgan fingerprint density at radius 2 is 0.721 bits per heavy atom. The fourth-order valence-corrected chi connectivity index (χ4v) is 6.04. The number of hydrogen-bond acceptors (Lipinski definition) is 6. The molecular formula is C55H86O6. The van der Waals surface area contributed by atoms with E-state index in [0.29, 0.717) is 19.3 Å². The summed E-state index contributed by atoms with van der Waals surface area (Å²) in [5.74, 6) is -1.07. The van der Waals surface area contributed by atoms with Crippen molar-refractivity contribution >= 4 is 17.9 Å². The van der Waals surface area contributed by atoms with Crippen LogP contribution >= 0.6 is 0 Å². The van der Waals surface area contributed by atoms with Crippen LogP contribution in [0.2, 0.25) is 0 Å². The van der Waals surface area contributed by atoms with E-state index >= 15 is 0 Å². The van der Waals surface area contributed by atoms with Gasteiger partial charge in [-0.2, -0.15) is 0 Å². The number of hydrogen-bond donors (Lipinski definition) is 0. The second-order valence-corrected chi connectivity index (χ2v) is 15.4. The molecule has 0 saturated heterocycles. The Morgan fingerprint density at radius 1 is 0.361 bits per heavy atom. The highest BCUT2D eigenvalue weighted by Gasteiger charge is 2.19. The number of allylic oxidation sites excluding steroid dienone is 20. The topological polar surface area (TPSA) is 78.9 Å². The van der Waals surface area contributed by atoms with Crippen molar-refractivity contribution in [2.45, 2.75) is 194 Å². The lowest BCUT2D eigenvalue weighted by atomic mass is 10.0. The van der Waals surface area contributed by atoms with Gasteiger partial charge in [0.15, 0.2) is 6.10 Å². The molecule has 0 spiro atoms. The monoisotopic (exact) mass is 843 g/mol. The van der Waals surface area contributed by atoms with Crippen LogP contribution in [0.15, 0.2) is 122 Å². The first-order valence-electron chi connectivity index (χ1n) is 24.1. The standard InChI is InChI=1S/C55H86O6/c1-4-7-10-13-16-19-22-25-26-27-28-31-33-36-39-42-45-48-54(57)60-51-52(61-55(58)49-46-43-40-37-34-30-24-21-18-15-12-9-6-3)50-59-53(56)47-44-41-38-35-32-29-23-20-17-14-11-8-5-2/h7,9-10,12,15-16,18-19,21,24-26,28,30-31,34,36-37,39-40,52H,4-6,8,11,13-14,17,20,22-23,27,29,32-33,35,38,41-51H2,1-3H3/b10-7+,12-9+,18-15+,19-16+,24-21+,26-25+,31-28+,34-30+,39-36+,40-37+.